The predicted molar refractivity (Wildman–Crippen MR) is 61.2 cm³/mol. The standard InChI is InChI=1S/C12H25NO/c1-5-6-7-8-11(4)13-12(14)9-10(2)3/h10-11H,5-9H2,1-4H3,(H,13,14). The second kappa shape index (κ2) is 7.84. The molecule has 0 saturated carbocycles. The number of hydrogen-bond donors (Lipinski definition) is 1. The van der Waals surface area contributed by atoms with E-state index in [9.17, 15) is 4.79 Å². The van der Waals surface area contributed by atoms with E-state index in [1.165, 1.54) is 19.3 Å². The number of nitrogens with one attached hydrogen (secondary N) is 1. The van der Waals surface area contributed by atoms with Gasteiger partial charge in [-0.2, -0.15) is 0 Å². The minimum absolute atomic E-state index is 0.198. The fraction of sp³-hybridized carbons (Fsp3) is 0.917. The first-order valence-electron chi connectivity index (χ1n) is 5.85. The lowest BCUT2D eigenvalue weighted by molar-refractivity contribution is -0.122. The second-order valence-electron chi connectivity index (χ2n) is 4.56. The molecule has 0 radical (unpaired) electrons. The van der Waals surface area contributed by atoms with Crippen LogP contribution in [0.15, 0.2) is 0 Å². The van der Waals surface area contributed by atoms with Crippen LogP contribution in [0.5, 0.6) is 0 Å². The predicted octanol–water partition coefficient (Wildman–Crippen LogP) is 3.12. The first kappa shape index (κ1) is 13.5. The summed E-state index contributed by atoms with van der Waals surface area (Å²) < 4.78 is 0. The molecule has 0 fully saturated rings. The van der Waals surface area contributed by atoms with Crippen LogP contribution in [0.25, 0.3) is 0 Å². The van der Waals surface area contributed by atoms with Gasteiger partial charge in [-0.05, 0) is 19.3 Å². The van der Waals surface area contributed by atoms with Gasteiger partial charge >= 0.3 is 0 Å². The first-order valence-corrected chi connectivity index (χ1v) is 5.85. The Labute approximate surface area is 88.5 Å². The van der Waals surface area contributed by atoms with E-state index in [0.29, 0.717) is 18.4 Å². The summed E-state index contributed by atoms with van der Waals surface area (Å²) in [6.45, 7) is 8.43. The van der Waals surface area contributed by atoms with Crippen molar-refractivity contribution in [1.29, 1.82) is 0 Å². The van der Waals surface area contributed by atoms with Crippen molar-refractivity contribution in [3.8, 4) is 0 Å². The molecule has 1 N–H and O–H groups in total. The molecule has 0 aromatic rings. The Kier molecular flexibility index (Phi) is 7.54. The highest BCUT2D eigenvalue weighted by Crippen LogP contribution is 2.04. The Bertz CT molecular complexity index is 154. The minimum Gasteiger partial charge on any atom is -0.354 e. The Morgan fingerprint density at radius 1 is 1.21 bits per heavy atom. The molecule has 14 heavy (non-hydrogen) atoms. The molecular weight excluding hydrogens is 174 g/mol. The van der Waals surface area contributed by atoms with Crippen molar-refractivity contribution >= 4 is 5.91 Å². The Balaban J connectivity index is 3.50. The van der Waals surface area contributed by atoms with Crippen LogP contribution in [0.2, 0.25) is 0 Å². The Morgan fingerprint density at radius 3 is 2.36 bits per heavy atom. The molecule has 1 atom stereocenters. The van der Waals surface area contributed by atoms with Gasteiger partial charge in [0.1, 0.15) is 0 Å². The van der Waals surface area contributed by atoms with Crippen molar-refractivity contribution in [3.63, 3.8) is 0 Å². The van der Waals surface area contributed by atoms with Crippen LogP contribution in [-0.4, -0.2) is 11.9 Å². The zero-order valence-electron chi connectivity index (χ0n) is 10.1. The first-order chi connectivity index (χ1) is 6.56. The summed E-state index contributed by atoms with van der Waals surface area (Å²) in [4.78, 5) is 11.4. The fourth-order valence-electron chi connectivity index (χ4n) is 1.48. The minimum atomic E-state index is 0.198. The molecule has 0 rings (SSSR count). The molecule has 0 aliphatic rings. The molecule has 0 saturated heterocycles. The van der Waals surface area contributed by atoms with E-state index in [0.717, 1.165) is 6.42 Å². The zero-order valence-corrected chi connectivity index (χ0v) is 10.1. The van der Waals surface area contributed by atoms with Crippen molar-refractivity contribution < 1.29 is 4.79 Å². The number of rotatable bonds is 7. The molecule has 0 aliphatic heterocycles. The molecule has 2 heteroatoms. The lowest BCUT2D eigenvalue weighted by Crippen LogP contribution is -2.33. The molecule has 1 amide bonds. The molecular formula is C12H25NO. The lowest BCUT2D eigenvalue weighted by Gasteiger charge is -2.14. The van der Waals surface area contributed by atoms with E-state index in [1.807, 2.05) is 0 Å². The van der Waals surface area contributed by atoms with Crippen LogP contribution in [0.4, 0.5) is 0 Å². The van der Waals surface area contributed by atoms with Crippen LogP contribution in [0.3, 0.4) is 0 Å². The largest absolute Gasteiger partial charge is 0.354 e. The van der Waals surface area contributed by atoms with E-state index >= 15 is 0 Å². The van der Waals surface area contributed by atoms with Gasteiger partial charge in [0.25, 0.3) is 0 Å². The Morgan fingerprint density at radius 2 is 1.86 bits per heavy atom. The number of amides is 1. The highest BCUT2D eigenvalue weighted by atomic mass is 16.1. The van der Waals surface area contributed by atoms with Crippen LogP contribution >= 0.6 is 0 Å². The SMILES string of the molecule is CCCCCC(C)NC(=O)CC(C)C. The van der Waals surface area contributed by atoms with E-state index in [4.69, 9.17) is 0 Å². The van der Waals surface area contributed by atoms with Gasteiger partial charge in [0.2, 0.25) is 5.91 Å². The van der Waals surface area contributed by atoms with Gasteiger partial charge in [-0.25, -0.2) is 0 Å². The molecule has 0 aromatic carbocycles. The summed E-state index contributed by atoms with van der Waals surface area (Å²) >= 11 is 0. The molecule has 2 nitrogen and oxygen atoms in total. The molecule has 0 bridgehead atoms. The third-order valence-electron chi connectivity index (χ3n) is 2.24. The molecule has 0 heterocycles. The van der Waals surface area contributed by atoms with Crippen molar-refractivity contribution in [2.75, 3.05) is 0 Å². The van der Waals surface area contributed by atoms with Gasteiger partial charge in [-0.15, -0.1) is 0 Å². The summed E-state index contributed by atoms with van der Waals surface area (Å²) in [5.74, 6) is 0.654. The Hall–Kier alpha value is -0.530. The molecule has 0 aromatic heterocycles. The summed E-state index contributed by atoms with van der Waals surface area (Å²) in [6.07, 6.45) is 5.49. The van der Waals surface area contributed by atoms with E-state index in [2.05, 4.69) is 33.0 Å². The number of carbonyl (C=O) groups excluding carboxylic acids is 1. The van der Waals surface area contributed by atoms with Crippen LogP contribution < -0.4 is 5.32 Å². The van der Waals surface area contributed by atoms with Crippen molar-refractivity contribution in [3.05, 3.63) is 0 Å². The molecule has 84 valence electrons. The smallest absolute Gasteiger partial charge is 0.220 e. The van der Waals surface area contributed by atoms with E-state index < -0.39 is 0 Å². The summed E-state index contributed by atoms with van der Waals surface area (Å²) in [7, 11) is 0. The van der Waals surface area contributed by atoms with Gasteiger partial charge in [0.05, 0.1) is 0 Å². The van der Waals surface area contributed by atoms with Gasteiger partial charge in [-0.3, -0.25) is 4.79 Å². The highest BCUT2D eigenvalue weighted by Gasteiger charge is 2.08. The van der Waals surface area contributed by atoms with Crippen molar-refractivity contribution in [2.45, 2.75) is 65.8 Å². The molecule has 1 unspecified atom stereocenters. The van der Waals surface area contributed by atoms with Crippen molar-refractivity contribution in [1.82, 2.24) is 5.32 Å². The summed E-state index contributed by atoms with van der Waals surface area (Å²) in [6, 6.07) is 0.341. The maximum atomic E-state index is 11.4. The van der Waals surface area contributed by atoms with Crippen molar-refractivity contribution in [2.24, 2.45) is 5.92 Å². The normalized spacial score (nSPS) is 12.9. The van der Waals surface area contributed by atoms with Gasteiger partial charge in [0, 0.05) is 12.5 Å². The topological polar surface area (TPSA) is 29.1 Å². The quantitative estimate of drug-likeness (QED) is 0.627. The third-order valence-corrected chi connectivity index (χ3v) is 2.24. The van der Waals surface area contributed by atoms with Crippen LogP contribution in [0, 0.1) is 5.92 Å². The number of unbranched alkanes of at least 4 members (excludes halogenated alkanes) is 2. The van der Waals surface area contributed by atoms with E-state index in [-0.39, 0.29) is 5.91 Å². The highest BCUT2D eigenvalue weighted by molar-refractivity contribution is 5.76. The lowest BCUT2D eigenvalue weighted by atomic mass is 10.1. The van der Waals surface area contributed by atoms with E-state index in [1.54, 1.807) is 0 Å². The van der Waals surface area contributed by atoms with Gasteiger partial charge in [-0.1, -0.05) is 40.0 Å². The average molecular weight is 199 g/mol. The summed E-state index contributed by atoms with van der Waals surface area (Å²) in [5, 5.41) is 3.03. The third kappa shape index (κ3) is 8.09. The van der Waals surface area contributed by atoms with Gasteiger partial charge < -0.3 is 5.32 Å². The van der Waals surface area contributed by atoms with Crippen LogP contribution in [-0.2, 0) is 4.79 Å². The monoisotopic (exact) mass is 199 g/mol. The summed E-state index contributed by atoms with van der Waals surface area (Å²) in [5.41, 5.74) is 0. The second-order valence-corrected chi connectivity index (χ2v) is 4.56. The van der Waals surface area contributed by atoms with Gasteiger partial charge in [0.15, 0.2) is 0 Å². The maximum absolute atomic E-state index is 11.4. The molecule has 0 aliphatic carbocycles. The average Bonchev–Trinajstić information content (AvgIpc) is 2.02. The molecule has 0 spiro atoms. The number of hydrogen-bond acceptors (Lipinski definition) is 1. The zero-order chi connectivity index (χ0) is 11.0. The van der Waals surface area contributed by atoms with Crippen LogP contribution in [0.1, 0.15) is 59.8 Å². The fourth-order valence-corrected chi connectivity index (χ4v) is 1.48. The maximum Gasteiger partial charge on any atom is 0.220 e. The number of carbonyl (C=O) groups is 1.